The SMILES string of the molecule is CC(C)(C)Oc1ncc(-c2csc3sccc23)c(OC(C)(C)C)n1. The molecule has 0 atom stereocenters. The molecule has 3 heterocycles. The molecule has 0 saturated heterocycles. The van der Waals surface area contributed by atoms with Crippen LogP contribution in [0.25, 0.3) is 20.5 Å². The van der Waals surface area contributed by atoms with Crippen LogP contribution in [0.1, 0.15) is 41.5 Å². The quantitative estimate of drug-likeness (QED) is 0.593. The Bertz CT molecular complexity index is 854. The first-order valence-corrected chi connectivity index (χ1v) is 9.58. The summed E-state index contributed by atoms with van der Waals surface area (Å²) in [6.07, 6.45) is 1.80. The van der Waals surface area contributed by atoms with E-state index in [1.807, 2.05) is 41.5 Å². The summed E-state index contributed by atoms with van der Waals surface area (Å²) in [6.45, 7) is 12.0. The first-order valence-electron chi connectivity index (χ1n) is 7.82. The molecule has 0 aliphatic carbocycles. The van der Waals surface area contributed by atoms with Crippen molar-refractivity contribution in [2.75, 3.05) is 0 Å². The van der Waals surface area contributed by atoms with Crippen molar-refractivity contribution >= 4 is 32.1 Å². The lowest BCUT2D eigenvalue weighted by Crippen LogP contribution is -2.26. The fraction of sp³-hybridized carbons (Fsp3) is 0.444. The second-order valence-electron chi connectivity index (χ2n) is 7.57. The first kappa shape index (κ1) is 17.2. The van der Waals surface area contributed by atoms with Crippen LogP contribution in [0.15, 0.2) is 23.0 Å². The van der Waals surface area contributed by atoms with E-state index in [1.54, 1.807) is 28.9 Å². The third-order valence-electron chi connectivity index (χ3n) is 3.03. The Morgan fingerprint density at radius 1 is 0.917 bits per heavy atom. The Morgan fingerprint density at radius 3 is 2.29 bits per heavy atom. The molecule has 0 radical (unpaired) electrons. The molecule has 0 aliphatic heterocycles. The highest BCUT2D eigenvalue weighted by Gasteiger charge is 2.22. The Hall–Kier alpha value is -1.66. The predicted octanol–water partition coefficient (Wildman–Crippen LogP) is 5.77. The Labute approximate surface area is 150 Å². The molecule has 24 heavy (non-hydrogen) atoms. The number of ether oxygens (including phenoxy) is 2. The number of rotatable bonds is 3. The Kier molecular flexibility index (Phi) is 4.30. The molecular weight excluding hydrogens is 340 g/mol. The van der Waals surface area contributed by atoms with Crippen molar-refractivity contribution in [3.8, 4) is 23.0 Å². The lowest BCUT2D eigenvalue weighted by Gasteiger charge is -2.24. The van der Waals surface area contributed by atoms with Gasteiger partial charge in [-0.1, -0.05) is 0 Å². The largest absolute Gasteiger partial charge is 0.471 e. The van der Waals surface area contributed by atoms with Crippen molar-refractivity contribution in [1.82, 2.24) is 9.97 Å². The van der Waals surface area contributed by atoms with Gasteiger partial charge in [0.1, 0.15) is 11.2 Å². The minimum absolute atomic E-state index is 0.335. The van der Waals surface area contributed by atoms with E-state index in [9.17, 15) is 0 Å². The molecule has 0 amide bonds. The van der Waals surface area contributed by atoms with Gasteiger partial charge in [-0.05, 0) is 53.0 Å². The predicted molar refractivity (Wildman–Crippen MR) is 101 cm³/mol. The lowest BCUT2D eigenvalue weighted by atomic mass is 10.1. The number of hydrogen-bond donors (Lipinski definition) is 0. The molecule has 0 fully saturated rings. The van der Waals surface area contributed by atoms with Crippen molar-refractivity contribution < 1.29 is 9.47 Å². The molecule has 4 nitrogen and oxygen atoms in total. The summed E-state index contributed by atoms with van der Waals surface area (Å²) >= 11 is 3.48. The van der Waals surface area contributed by atoms with E-state index in [2.05, 4.69) is 26.8 Å². The molecule has 0 N–H and O–H groups in total. The zero-order valence-electron chi connectivity index (χ0n) is 14.8. The van der Waals surface area contributed by atoms with E-state index in [4.69, 9.17) is 9.47 Å². The second kappa shape index (κ2) is 6.01. The fourth-order valence-electron chi connectivity index (χ4n) is 2.20. The number of fused-ring (bicyclic) bond motifs is 1. The average Bonchev–Trinajstić information content (AvgIpc) is 2.98. The first-order chi connectivity index (χ1) is 11.1. The van der Waals surface area contributed by atoms with Gasteiger partial charge in [0.05, 0.1) is 9.58 Å². The zero-order chi connectivity index (χ0) is 17.5. The average molecular weight is 363 g/mol. The zero-order valence-corrected chi connectivity index (χ0v) is 16.5. The molecule has 0 unspecified atom stereocenters. The van der Waals surface area contributed by atoms with E-state index in [-0.39, 0.29) is 11.2 Å². The molecule has 3 rings (SSSR count). The maximum Gasteiger partial charge on any atom is 0.320 e. The summed E-state index contributed by atoms with van der Waals surface area (Å²) in [5, 5.41) is 5.46. The summed E-state index contributed by atoms with van der Waals surface area (Å²) in [5.74, 6) is 0.558. The van der Waals surface area contributed by atoms with Crippen molar-refractivity contribution in [2.45, 2.75) is 52.7 Å². The van der Waals surface area contributed by atoms with Crippen LogP contribution in [0.5, 0.6) is 11.9 Å². The topological polar surface area (TPSA) is 44.2 Å². The van der Waals surface area contributed by atoms with Crippen molar-refractivity contribution in [1.29, 1.82) is 0 Å². The molecule has 3 aromatic rings. The van der Waals surface area contributed by atoms with Crippen LogP contribution < -0.4 is 9.47 Å². The molecule has 3 aromatic heterocycles. The van der Waals surface area contributed by atoms with E-state index in [0.717, 1.165) is 11.1 Å². The summed E-state index contributed by atoms with van der Waals surface area (Å²) < 4.78 is 13.2. The Balaban J connectivity index is 2.09. The smallest absolute Gasteiger partial charge is 0.320 e. The highest BCUT2D eigenvalue weighted by atomic mass is 32.2. The maximum atomic E-state index is 6.11. The Morgan fingerprint density at radius 2 is 1.62 bits per heavy atom. The van der Waals surface area contributed by atoms with Gasteiger partial charge in [-0.3, -0.25) is 0 Å². The molecule has 0 aromatic carbocycles. The number of hydrogen-bond acceptors (Lipinski definition) is 6. The fourth-order valence-corrected chi connectivity index (χ4v) is 4.15. The van der Waals surface area contributed by atoms with Gasteiger partial charge in [0.2, 0.25) is 5.88 Å². The summed E-state index contributed by atoms with van der Waals surface area (Å²) in [4.78, 5) is 8.94. The third kappa shape index (κ3) is 3.87. The van der Waals surface area contributed by atoms with Crippen molar-refractivity contribution in [3.05, 3.63) is 23.0 Å². The van der Waals surface area contributed by atoms with Crippen molar-refractivity contribution in [3.63, 3.8) is 0 Å². The van der Waals surface area contributed by atoms with Crippen LogP contribution in [0.3, 0.4) is 0 Å². The van der Waals surface area contributed by atoms with Crippen LogP contribution in [0, 0.1) is 0 Å². The maximum absolute atomic E-state index is 6.11. The summed E-state index contributed by atoms with van der Waals surface area (Å²) in [5.41, 5.74) is 1.30. The highest BCUT2D eigenvalue weighted by Crippen LogP contribution is 2.41. The third-order valence-corrected chi connectivity index (χ3v) is 5.10. The van der Waals surface area contributed by atoms with Crippen LogP contribution in [-0.4, -0.2) is 21.2 Å². The number of thiophene rings is 2. The highest BCUT2D eigenvalue weighted by molar-refractivity contribution is 7.37. The van der Waals surface area contributed by atoms with Gasteiger partial charge in [-0.15, -0.1) is 22.7 Å². The van der Waals surface area contributed by atoms with Crippen LogP contribution >= 0.6 is 22.7 Å². The second-order valence-corrected chi connectivity index (χ2v) is 9.63. The molecular formula is C18H22N2O2S2. The van der Waals surface area contributed by atoms with Gasteiger partial charge in [-0.25, -0.2) is 4.98 Å². The van der Waals surface area contributed by atoms with E-state index in [0.29, 0.717) is 11.9 Å². The van der Waals surface area contributed by atoms with Crippen LogP contribution in [-0.2, 0) is 0 Å². The van der Waals surface area contributed by atoms with E-state index >= 15 is 0 Å². The summed E-state index contributed by atoms with van der Waals surface area (Å²) in [6, 6.07) is 2.47. The molecule has 0 spiro atoms. The monoisotopic (exact) mass is 362 g/mol. The van der Waals surface area contributed by atoms with Gasteiger partial charge in [0.15, 0.2) is 0 Å². The minimum Gasteiger partial charge on any atom is -0.471 e. The molecule has 0 saturated carbocycles. The van der Waals surface area contributed by atoms with Crippen molar-refractivity contribution in [2.24, 2.45) is 0 Å². The lowest BCUT2D eigenvalue weighted by molar-refractivity contribution is 0.103. The van der Waals surface area contributed by atoms with Gasteiger partial charge < -0.3 is 9.47 Å². The molecule has 6 heteroatoms. The molecule has 128 valence electrons. The normalized spacial score (nSPS) is 12.6. The van der Waals surface area contributed by atoms with Crippen LogP contribution in [0.2, 0.25) is 0 Å². The van der Waals surface area contributed by atoms with Gasteiger partial charge >= 0.3 is 6.01 Å². The molecule has 0 bridgehead atoms. The standard InChI is InChI=1S/C18H22N2O2S2/c1-17(2,3)21-14-12(9-19-16(20-14)22-18(4,5)6)13-10-24-15-11(13)7-8-23-15/h7-10H,1-6H3. The van der Waals surface area contributed by atoms with E-state index < -0.39 is 0 Å². The number of aromatic nitrogens is 2. The molecule has 0 aliphatic rings. The van der Waals surface area contributed by atoms with Crippen LogP contribution in [0.4, 0.5) is 0 Å². The van der Waals surface area contributed by atoms with Gasteiger partial charge in [-0.2, -0.15) is 4.98 Å². The van der Waals surface area contributed by atoms with Gasteiger partial charge in [0.25, 0.3) is 0 Å². The minimum atomic E-state index is -0.358. The summed E-state index contributed by atoms with van der Waals surface area (Å²) in [7, 11) is 0. The van der Waals surface area contributed by atoms with E-state index in [1.165, 1.54) is 9.40 Å². The number of nitrogens with zero attached hydrogens (tertiary/aromatic N) is 2. The van der Waals surface area contributed by atoms with Gasteiger partial charge in [0, 0.05) is 22.5 Å².